The number of anilines is 1. The number of phenolic OH excluding ortho intramolecular Hbond substituents is 1. The molecule has 3 rings (SSSR count). The number of aryl methyl sites for hydroxylation is 1. The van der Waals surface area contributed by atoms with Crippen LogP contribution in [0.4, 0.5) is 5.69 Å². The van der Waals surface area contributed by atoms with Gasteiger partial charge in [0, 0.05) is 18.5 Å². The molecule has 0 atom stereocenters. The average Bonchev–Trinajstić information content (AvgIpc) is 2.40. The summed E-state index contributed by atoms with van der Waals surface area (Å²) in [6.07, 6.45) is 0. The molecule has 1 fully saturated rings. The van der Waals surface area contributed by atoms with Crippen LogP contribution in [0.5, 0.6) is 5.75 Å². The van der Waals surface area contributed by atoms with E-state index in [4.69, 9.17) is 4.74 Å². The fourth-order valence-corrected chi connectivity index (χ4v) is 2.64. The van der Waals surface area contributed by atoms with Crippen LogP contribution >= 0.6 is 0 Å². The average molecular weight is 243 g/mol. The second-order valence-corrected chi connectivity index (χ2v) is 4.71. The largest absolute Gasteiger partial charge is 0.506 e. The summed E-state index contributed by atoms with van der Waals surface area (Å²) in [5.74, 6) is 0.369. The molecule has 1 N–H and O–H groups in total. The number of ether oxygens (including phenoxy) is 1. The maximum absolute atomic E-state index is 10.3. The zero-order valence-electron chi connectivity index (χ0n) is 10.5. The zero-order chi connectivity index (χ0) is 12.5. The third-order valence-corrected chi connectivity index (χ3v) is 3.53. The van der Waals surface area contributed by atoms with Crippen molar-refractivity contribution in [2.75, 3.05) is 31.2 Å². The zero-order valence-corrected chi connectivity index (χ0v) is 10.5. The van der Waals surface area contributed by atoms with E-state index >= 15 is 0 Å². The number of hydrogen-bond acceptors (Lipinski definition) is 3. The second-order valence-electron chi connectivity index (χ2n) is 4.71. The Balaban J connectivity index is 2.20. The number of nitrogens with zero attached hydrogens (tertiary/aromatic N) is 1. The van der Waals surface area contributed by atoms with E-state index in [2.05, 4.69) is 17.0 Å². The van der Waals surface area contributed by atoms with Gasteiger partial charge in [-0.05, 0) is 23.9 Å². The van der Waals surface area contributed by atoms with Crippen molar-refractivity contribution in [3.8, 4) is 5.75 Å². The number of benzene rings is 2. The molecule has 0 spiro atoms. The van der Waals surface area contributed by atoms with Crippen LogP contribution in [-0.2, 0) is 4.74 Å². The van der Waals surface area contributed by atoms with E-state index in [9.17, 15) is 5.11 Å². The normalized spacial score (nSPS) is 16.2. The lowest BCUT2D eigenvalue weighted by Gasteiger charge is -2.30. The predicted octanol–water partition coefficient (Wildman–Crippen LogP) is 2.69. The molecule has 18 heavy (non-hydrogen) atoms. The quantitative estimate of drug-likeness (QED) is 0.836. The summed E-state index contributed by atoms with van der Waals surface area (Å²) >= 11 is 0. The second kappa shape index (κ2) is 4.50. The molecule has 2 aromatic carbocycles. The van der Waals surface area contributed by atoms with Crippen molar-refractivity contribution in [2.24, 2.45) is 0 Å². The highest BCUT2D eigenvalue weighted by molar-refractivity contribution is 5.99. The maximum atomic E-state index is 10.3. The van der Waals surface area contributed by atoms with Gasteiger partial charge in [0.25, 0.3) is 0 Å². The molecule has 0 aromatic heterocycles. The van der Waals surface area contributed by atoms with Gasteiger partial charge in [0.1, 0.15) is 5.75 Å². The molecule has 0 radical (unpaired) electrons. The summed E-state index contributed by atoms with van der Waals surface area (Å²) in [6, 6.07) is 10.1. The maximum Gasteiger partial charge on any atom is 0.139 e. The Morgan fingerprint density at radius 1 is 1.11 bits per heavy atom. The minimum absolute atomic E-state index is 0.369. The van der Waals surface area contributed by atoms with Crippen LogP contribution in [0.2, 0.25) is 0 Å². The first-order valence-corrected chi connectivity index (χ1v) is 6.31. The van der Waals surface area contributed by atoms with Gasteiger partial charge in [-0.1, -0.05) is 24.3 Å². The van der Waals surface area contributed by atoms with E-state index in [-0.39, 0.29) is 0 Å². The van der Waals surface area contributed by atoms with Crippen LogP contribution in [0, 0.1) is 6.92 Å². The fraction of sp³-hybridized carbons (Fsp3) is 0.333. The number of rotatable bonds is 1. The highest BCUT2D eigenvalue weighted by Gasteiger charge is 2.18. The van der Waals surface area contributed by atoms with E-state index in [1.807, 2.05) is 25.1 Å². The van der Waals surface area contributed by atoms with Crippen molar-refractivity contribution < 1.29 is 9.84 Å². The summed E-state index contributed by atoms with van der Waals surface area (Å²) in [5.41, 5.74) is 2.06. The molecular weight excluding hydrogens is 226 g/mol. The van der Waals surface area contributed by atoms with E-state index < -0.39 is 0 Å². The molecule has 1 aliphatic heterocycles. The first-order valence-electron chi connectivity index (χ1n) is 6.31. The van der Waals surface area contributed by atoms with Crippen LogP contribution in [0.3, 0.4) is 0 Å². The van der Waals surface area contributed by atoms with Crippen LogP contribution in [0.15, 0.2) is 30.3 Å². The summed E-state index contributed by atoms with van der Waals surface area (Å²) < 4.78 is 5.37. The molecule has 0 saturated carbocycles. The van der Waals surface area contributed by atoms with Crippen molar-refractivity contribution >= 4 is 16.5 Å². The SMILES string of the molecule is Cc1cc(O)c(N2CCOCC2)c2ccccc12. The van der Waals surface area contributed by atoms with Gasteiger partial charge < -0.3 is 14.7 Å². The van der Waals surface area contributed by atoms with E-state index in [0.29, 0.717) is 5.75 Å². The summed E-state index contributed by atoms with van der Waals surface area (Å²) in [5, 5.41) is 12.6. The van der Waals surface area contributed by atoms with Crippen molar-refractivity contribution in [1.29, 1.82) is 0 Å². The number of fused-ring (bicyclic) bond motifs is 1. The standard InChI is InChI=1S/C15H17NO2/c1-11-10-14(17)15(16-6-8-18-9-7-16)13-5-3-2-4-12(11)13/h2-5,10,17H,6-9H2,1H3. The van der Waals surface area contributed by atoms with Crippen molar-refractivity contribution in [3.63, 3.8) is 0 Å². The molecule has 3 heteroatoms. The molecule has 3 nitrogen and oxygen atoms in total. The van der Waals surface area contributed by atoms with E-state index in [1.54, 1.807) is 0 Å². The lowest BCUT2D eigenvalue weighted by molar-refractivity contribution is 0.122. The van der Waals surface area contributed by atoms with E-state index in [1.165, 1.54) is 5.39 Å². The fourth-order valence-electron chi connectivity index (χ4n) is 2.64. The first kappa shape index (κ1) is 11.4. The molecular formula is C15H17NO2. The van der Waals surface area contributed by atoms with Crippen LogP contribution < -0.4 is 4.90 Å². The molecule has 0 bridgehead atoms. The summed E-state index contributed by atoms with van der Waals surface area (Å²) in [7, 11) is 0. The van der Waals surface area contributed by atoms with Gasteiger partial charge in [-0.25, -0.2) is 0 Å². The lowest BCUT2D eigenvalue weighted by Crippen LogP contribution is -2.36. The molecule has 94 valence electrons. The Bertz CT molecular complexity index is 574. The van der Waals surface area contributed by atoms with Crippen molar-refractivity contribution in [3.05, 3.63) is 35.9 Å². The van der Waals surface area contributed by atoms with E-state index in [0.717, 1.165) is 42.9 Å². The van der Waals surface area contributed by atoms with Gasteiger partial charge in [-0.2, -0.15) is 0 Å². The third kappa shape index (κ3) is 1.81. The van der Waals surface area contributed by atoms with Crippen LogP contribution in [0.25, 0.3) is 10.8 Å². The number of morpholine rings is 1. The first-order chi connectivity index (χ1) is 8.77. The third-order valence-electron chi connectivity index (χ3n) is 3.53. The number of phenols is 1. The van der Waals surface area contributed by atoms with Gasteiger partial charge in [0.15, 0.2) is 0 Å². The molecule has 1 saturated heterocycles. The van der Waals surface area contributed by atoms with Gasteiger partial charge in [-0.3, -0.25) is 0 Å². The number of aromatic hydroxyl groups is 1. The van der Waals surface area contributed by atoms with Gasteiger partial charge >= 0.3 is 0 Å². The van der Waals surface area contributed by atoms with Gasteiger partial charge in [0.2, 0.25) is 0 Å². The Morgan fingerprint density at radius 3 is 2.50 bits per heavy atom. The minimum Gasteiger partial charge on any atom is -0.506 e. The Kier molecular flexibility index (Phi) is 2.84. The van der Waals surface area contributed by atoms with Gasteiger partial charge in [-0.15, -0.1) is 0 Å². The Labute approximate surface area is 107 Å². The molecule has 0 unspecified atom stereocenters. The van der Waals surface area contributed by atoms with Crippen LogP contribution in [-0.4, -0.2) is 31.4 Å². The molecule has 0 aliphatic carbocycles. The van der Waals surface area contributed by atoms with Crippen LogP contribution in [0.1, 0.15) is 5.56 Å². The van der Waals surface area contributed by atoms with Gasteiger partial charge in [0.05, 0.1) is 18.9 Å². The summed E-state index contributed by atoms with van der Waals surface area (Å²) in [6.45, 7) is 5.15. The number of hydrogen-bond donors (Lipinski definition) is 1. The topological polar surface area (TPSA) is 32.7 Å². The predicted molar refractivity (Wildman–Crippen MR) is 73.4 cm³/mol. The highest BCUT2D eigenvalue weighted by atomic mass is 16.5. The monoisotopic (exact) mass is 243 g/mol. The lowest BCUT2D eigenvalue weighted by atomic mass is 10.0. The smallest absolute Gasteiger partial charge is 0.139 e. The minimum atomic E-state index is 0.369. The highest BCUT2D eigenvalue weighted by Crippen LogP contribution is 2.37. The van der Waals surface area contributed by atoms with Crippen molar-refractivity contribution in [1.82, 2.24) is 0 Å². The molecule has 2 aromatic rings. The molecule has 1 aliphatic rings. The molecule has 0 amide bonds. The van der Waals surface area contributed by atoms with Crippen molar-refractivity contribution in [2.45, 2.75) is 6.92 Å². The Morgan fingerprint density at radius 2 is 1.78 bits per heavy atom. The summed E-state index contributed by atoms with van der Waals surface area (Å²) in [4.78, 5) is 2.21. The Hall–Kier alpha value is -1.74. The molecule has 1 heterocycles.